The van der Waals surface area contributed by atoms with Crippen LogP contribution in [0.5, 0.6) is 0 Å². The molecule has 1 aliphatic rings. The molecule has 1 saturated heterocycles. The highest BCUT2D eigenvalue weighted by Gasteiger charge is 2.32. The third kappa shape index (κ3) is 4.07. The average Bonchev–Trinajstić information content (AvgIpc) is 2.57. The Morgan fingerprint density at radius 1 is 1.27 bits per heavy atom. The van der Waals surface area contributed by atoms with Gasteiger partial charge in [-0.3, -0.25) is 9.59 Å². The molecule has 140 valence electrons. The van der Waals surface area contributed by atoms with Crippen molar-refractivity contribution in [1.82, 2.24) is 19.8 Å². The summed E-state index contributed by atoms with van der Waals surface area (Å²) in [4.78, 5) is 48.7. The number of aromatic nitrogens is 2. The minimum absolute atomic E-state index is 0.0213. The Balaban J connectivity index is 2.32. The molecule has 1 aromatic heterocycles. The highest BCUT2D eigenvalue weighted by molar-refractivity contribution is 6.04. The number of nitrogens with zero attached hydrogens (tertiary/aromatic N) is 4. The standard InChI is InChI=1S/C18H24N4O4/c1-6-9-26-18(25)15-12(3)19-13(4)20-16(15)17(24)21-7-8-22(14(5)23)11(2)10-21/h6,11H,1,7-10H2,2-5H3. The van der Waals surface area contributed by atoms with E-state index in [2.05, 4.69) is 16.5 Å². The van der Waals surface area contributed by atoms with Crippen LogP contribution >= 0.6 is 0 Å². The van der Waals surface area contributed by atoms with Gasteiger partial charge in [-0.2, -0.15) is 0 Å². The first-order chi connectivity index (χ1) is 12.3. The molecule has 0 saturated carbocycles. The molecule has 8 nitrogen and oxygen atoms in total. The topological polar surface area (TPSA) is 92.7 Å². The van der Waals surface area contributed by atoms with E-state index in [1.54, 1.807) is 23.6 Å². The van der Waals surface area contributed by atoms with Gasteiger partial charge in [0.15, 0.2) is 0 Å². The minimum Gasteiger partial charge on any atom is -0.458 e. The van der Waals surface area contributed by atoms with E-state index >= 15 is 0 Å². The predicted octanol–water partition coefficient (Wildman–Crippen LogP) is 1.13. The molecule has 2 rings (SSSR count). The SMILES string of the molecule is C=CCOC(=O)c1c(C)nc(C)nc1C(=O)N1CCN(C(C)=O)C(C)C1. The van der Waals surface area contributed by atoms with Crippen molar-refractivity contribution in [3.8, 4) is 0 Å². The second-order valence-corrected chi connectivity index (χ2v) is 6.28. The van der Waals surface area contributed by atoms with Crippen LogP contribution in [-0.4, -0.2) is 69.8 Å². The van der Waals surface area contributed by atoms with Crippen molar-refractivity contribution in [3.63, 3.8) is 0 Å². The summed E-state index contributed by atoms with van der Waals surface area (Å²) in [6.45, 7) is 11.5. The van der Waals surface area contributed by atoms with Gasteiger partial charge in [0.05, 0.1) is 5.69 Å². The van der Waals surface area contributed by atoms with E-state index in [-0.39, 0.29) is 35.7 Å². The maximum Gasteiger partial charge on any atom is 0.342 e. The van der Waals surface area contributed by atoms with Gasteiger partial charge in [-0.1, -0.05) is 12.7 Å². The van der Waals surface area contributed by atoms with Crippen LogP contribution in [0.2, 0.25) is 0 Å². The molecule has 0 aromatic carbocycles. The fraction of sp³-hybridized carbons (Fsp3) is 0.500. The van der Waals surface area contributed by atoms with Gasteiger partial charge in [0.25, 0.3) is 5.91 Å². The van der Waals surface area contributed by atoms with E-state index in [0.29, 0.717) is 31.2 Å². The summed E-state index contributed by atoms with van der Waals surface area (Å²) < 4.78 is 5.09. The van der Waals surface area contributed by atoms with Crippen molar-refractivity contribution in [2.75, 3.05) is 26.2 Å². The van der Waals surface area contributed by atoms with Crippen molar-refractivity contribution in [3.05, 3.63) is 35.4 Å². The monoisotopic (exact) mass is 360 g/mol. The molecule has 26 heavy (non-hydrogen) atoms. The van der Waals surface area contributed by atoms with Gasteiger partial charge >= 0.3 is 5.97 Å². The number of piperazine rings is 1. The smallest absolute Gasteiger partial charge is 0.342 e. The Bertz CT molecular complexity index is 747. The number of hydrogen-bond acceptors (Lipinski definition) is 6. The molecule has 1 unspecified atom stereocenters. The largest absolute Gasteiger partial charge is 0.458 e. The van der Waals surface area contributed by atoms with Gasteiger partial charge in [-0.05, 0) is 20.8 Å². The second-order valence-electron chi connectivity index (χ2n) is 6.28. The third-order valence-electron chi connectivity index (χ3n) is 4.26. The van der Waals surface area contributed by atoms with Crippen LogP contribution in [-0.2, 0) is 9.53 Å². The summed E-state index contributed by atoms with van der Waals surface area (Å²) in [7, 11) is 0. The minimum atomic E-state index is -0.652. The van der Waals surface area contributed by atoms with Gasteiger partial charge in [-0.25, -0.2) is 14.8 Å². The first kappa shape index (κ1) is 19.6. The van der Waals surface area contributed by atoms with E-state index in [1.807, 2.05) is 6.92 Å². The third-order valence-corrected chi connectivity index (χ3v) is 4.26. The number of hydrogen-bond donors (Lipinski definition) is 0. The first-order valence-corrected chi connectivity index (χ1v) is 8.46. The van der Waals surface area contributed by atoms with Gasteiger partial charge < -0.3 is 14.5 Å². The zero-order chi connectivity index (χ0) is 19.4. The molecule has 1 fully saturated rings. The van der Waals surface area contributed by atoms with Crippen LogP contribution in [0.15, 0.2) is 12.7 Å². The van der Waals surface area contributed by atoms with Crippen LogP contribution < -0.4 is 0 Å². The summed E-state index contributed by atoms with van der Waals surface area (Å²) in [6.07, 6.45) is 1.45. The lowest BCUT2D eigenvalue weighted by molar-refractivity contribution is -0.132. The summed E-state index contributed by atoms with van der Waals surface area (Å²) in [5.74, 6) is -0.631. The summed E-state index contributed by atoms with van der Waals surface area (Å²) in [5.41, 5.74) is 0.502. The molecule has 2 heterocycles. The molecular formula is C18H24N4O4. The van der Waals surface area contributed by atoms with Crippen molar-refractivity contribution >= 4 is 17.8 Å². The Morgan fingerprint density at radius 2 is 1.96 bits per heavy atom. The Hall–Kier alpha value is -2.77. The molecule has 0 N–H and O–H groups in total. The number of amides is 2. The predicted molar refractivity (Wildman–Crippen MR) is 94.7 cm³/mol. The van der Waals surface area contributed by atoms with Gasteiger partial charge in [0.1, 0.15) is 23.7 Å². The van der Waals surface area contributed by atoms with Gasteiger partial charge in [0.2, 0.25) is 5.91 Å². The Kier molecular flexibility index (Phi) is 6.07. The first-order valence-electron chi connectivity index (χ1n) is 8.46. The molecule has 8 heteroatoms. The van der Waals surface area contributed by atoms with Gasteiger partial charge in [0, 0.05) is 32.6 Å². The Morgan fingerprint density at radius 3 is 2.54 bits per heavy atom. The summed E-state index contributed by atoms with van der Waals surface area (Å²) in [6, 6.07) is -0.106. The maximum atomic E-state index is 13.0. The van der Waals surface area contributed by atoms with E-state index in [1.165, 1.54) is 13.0 Å². The number of ether oxygens (including phenoxy) is 1. The number of carbonyl (C=O) groups is 3. The lowest BCUT2D eigenvalue weighted by Gasteiger charge is -2.39. The summed E-state index contributed by atoms with van der Waals surface area (Å²) in [5, 5.41) is 0. The van der Waals surface area contributed by atoms with Crippen LogP contribution in [0.25, 0.3) is 0 Å². The molecule has 1 aromatic rings. The quantitative estimate of drug-likeness (QED) is 0.590. The molecular weight excluding hydrogens is 336 g/mol. The van der Waals surface area contributed by atoms with Crippen molar-refractivity contribution < 1.29 is 19.1 Å². The lowest BCUT2D eigenvalue weighted by atomic mass is 10.1. The highest BCUT2D eigenvalue weighted by atomic mass is 16.5. The Labute approximate surface area is 152 Å². The van der Waals surface area contributed by atoms with Crippen molar-refractivity contribution in [1.29, 1.82) is 0 Å². The van der Waals surface area contributed by atoms with Crippen molar-refractivity contribution in [2.24, 2.45) is 0 Å². The number of carbonyl (C=O) groups excluding carboxylic acids is 3. The normalized spacial score (nSPS) is 17.0. The highest BCUT2D eigenvalue weighted by Crippen LogP contribution is 2.18. The van der Waals surface area contributed by atoms with Gasteiger partial charge in [-0.15, -0.1) is 0 Å². The van der Waals surface area contributed by atoms with Crippen LogP contribution in [0.4, 0.5) is 0 Å². The second kappa shape index (κ2) is 8.07. The fourth-order valence-corrected chi connectivity index (χ4v) is 3.08. The van der Waals surface area contributed by atoms with E-state index in [4.69, 9.17) is 4.74 Å². The number of rotatable bonds is 4. The summed E-state index contributed by atoms with van der Waals surface area (Å²) >= 11 is 0. The van der Waals surface area contributed by atoms with E-state index in [0.717, 1.165) is 0 Å². The molecule has 0 radical (unpaired) electrons. The zero-order valence-corrected chi connectivity index (χ0v) is 15.6. The average molecular weight is 360 g/mol. The number of esters is 1. The maximum absolute atomic E-state index is 13.0. The van der Waals surface area contributed by atoms with E-state index in [9.17, 15) is 14.4 Å². The fourth-order valence-electron chi connectivity index (χ4n) is 3.08. The van der Waals surface area contributed by atoms with Crippen LogP contribution in [0.3, 0.4) is 0 Å². The molecule has 1 aliphatic heterocycles. The molecule has 0 bridgehead atoms. The number of aryl methyl sites for hydroxylation is 2. The molecule has 1 atom stereocenters. The molecule has 0 spiro atoms. The molecule has 2 amide bonds. The molecule has 0 aliphatic carbocycles. The van der Waals surface area contributed by atoms with E-state index < -0.39 is 5.97 Å². The zero-order valence-electron chi connectivity index (χ0n) is 15.6. The van der Waals surface area contributed by atoms with Crippen LogP contribution in [0, 0.1) is 13.8 Å². The van der Waals surface area contributed by atoms with Crippen molar-refractivity contribution in [2.45, 2.75) is 33.7 Å². The van der Waals surface area contributed by atoms with Crippen LogP contribution in [0.1, 0.15) is 46.2 Å². The lowest BCUT2D eigenvalue weighted by Crippen LogP contribution is -2.55.